The second-order valence-corrected chi connectivity index (χ2v) is 5.96. The quantitative estimate of drug-likeness (QED) is 0.742. The third-order valence-electron chi connectivity index (χ3n) is 3.96. The first-order valence-corrected chi connectivity index (χ1v) is 7.80. The van der Waals surface area contributed by atoms with Gasteiger partial charge in [-0.2, -0.15) is 0 Å². The number of carbonyl (C=O) groups excluding carboxylic acids is 1. The number of halogens is 2. The normalized spacial score (nSPS) is 10.8. The van der Waals surface area contributed by atoms with Gasteiger partial charge in [0.05, 0.1) is 17.1 Å². The smallest absolute Gasteiger partial charge is 0.352 e. The lowest BCUT2D eigenvalue weighted by Gasteiger charge is -2.08. The molecule has 0 bridgehead atoms. The number of hydrogen-bond donors (Lipinski definition) is 2. The van der Waals surface area contributed by atoms with Crippen molar-refractivity contribution in [1.29, 1.82) is 0 Å². The summed E-state index contributed by atoms with van der Waals surface area (Å²) in [6.07, 6.45) is -0.142. The van der Waals surface area contributed by atoms with Gasteiger partial charge in [-0.25, -0.2) is 9.18 Å². The van der Waals surface area contributed by atoms with Crippen LogP contribution in [0.4, 0.5) is 10.1 Å². The molecule has 0 unspecified atom stereocenters. The number of aromatic carboxylic acids is 1. The number of hydrogen-bond acceptors (Lipinski definition) is 2. The van der Waals surface area contributed by atoms with Crippen LogP contribution in [0.5, 0.6) is 0 Å². The second kappa shape index (κ2) is 6.57. The Kier molecular flexibility index (Phi) is 4.46. The van der Waals surface area contributed by atoms with E-state index in [0.717, 1.165) is 11.6 Å². The van der Waals surface area contributed by atoms with Gasteiger partial charge in [-0.15, -0.1) is 0 Å². The minimum Gasteiger partial charge on any atom is -0.477 e. The van der Waals surface area contributed by atoms with Crippen molar-refractivity contribution in [3.05, 3.63) is 64.6 Å². The van der Waals surface area contributed by atoms with Gasteiger partial charge in [0.15, 0.2) is 0 Å². The SMILES string of the molecule is Cn1c(C(=O)O)c(CC(=O)Nc2ccc(F)cc2Cl)c2ccccc21. The monoisotopic (exact) mass is 360 g/mol. The zero-order chi connectivity index (χ0) is 18.1. The predicted octanol–water partition coefficient (Wildman–Crippen LogP) is 3.85. The van der Waals surface area contributed by atoms with Crippen LogP contribution in [0, 0.1) is 5.82 Å². The van der Waals surface area contributed by atoms with Gasteiger partial charge in [0.1, 0.15) is 11.5 Å². The van der Waals surface area contributed by atoms with Crippen molar-refractivity contribution in [3.8, 4) is 0 Å². The highest BCUT2D eigenvalue weighted by atomic mass is 35.5. The zero-order valence-electron chi connectivity index (χ0n) is 13.2. The van der Waals surface area contributed by atoms with Crippen molar-refractivity contribution in [2.45, 2.75) is 6.42 Å². The van der Waals surface area contributed by atoms with E-state index in [1.807, 2.05) is 0 Å². The third kappa shape index (κ3) is 3.21. The van der Waals surface area contributed by atoms with Crippen molar-refractivity contribution in [1.82, 2.24) is 4.57 Å². The van der Waals surface area contributed by atoms with Crippen LogP contribution in [0.25, 0.3) is 10.9 Å². The summed E-state index contributed by atoms with van der Waals surface area (Å²) in [6.45, 7) is 0. The summed E-state index contributed by atoms with van der Waals surface area (Å²) < 4.78 is 14.6. The average Bonchev–Trinajstić information content (AvgIpc) is 2.83. The fraction of sp³-hybridized carbons (Fsp3) is 0.111. The number of benzene rings is 2. The first kappa shape index (κ1) is 17.0. The minimum absolute atomic E-state index is 0.0570. The number of amides is 1. The third-order valence-corrected chi connectivity index (χ3v) is 4.27. The molecule has 128 valence electrons. The Balaban J connectivity index is 1.96. The van der Waals surface area contributed by atoms with Gasteiger partial charge >= 0.3 is 5.97 Å². The summed E-state index contributed by atoms with van der Waals surface area (Å²) in [5, 5.41) is 12.9. The van der Waals surface area contributed by atoms with E-state index in [4.69, 9.17) is 11.6 Å². The molecule has 1 amide bonds. The van der Waals surface area contributed by atoms with Crippen LogP contribution in [0.15, 0.2) is 42.5 Å². The number of nitrogens with one attached hydrogen (secondary N) is 1. The molecule has 7 heteroatoms. The number of carboxylic acid groups (broad SMARTS) is 1. The Hall–Kier alpha value is -2.86. The number of carboxylic acids is 1. The van der Waals surface area contributed by atoms with Gasteiger partial charge in [-0.3, -0.25) is 4.79 Å². The summed E-state index contributed by atoms with van der Waals surface area (Å²) >= 11 is 5.90. The van der Waals surface area contributed by atoms with Crippen molar-refractivity contribution in [2.24, 2.45) is 7.05 Å². The highest BCUT2D eigenvalue weighted by Gasteiger charge is 2.22. The lowest BCUT2D eigenvalue weighted by molar-refractivity contribution is -0.115. The molecular formula is C18H14ClFN2O3. The molecule has 0 radical (unpaired) electrons. The van der Waals surface area contributed by atoms with Gasteiger partial charge < -0.3 is 15.0 Å². The first-order chi connectivity index (χ1) is 11.9. The Bertz CT molecular complexity index is 997. The molecule has 2 N–H and O–H groups in total. The molecule has 25 heavy (non-hydrogen) atoms. The van der Waals surface area contributed by atoms with Crippen molar-refractivity contribution in [2.75, 3.05) is 5.32 Å². The van der Waals surface area contributed by atoms with Gasteiger partial charge in [-0.1, -0.05) is 29.8 Å². The maximum absolute atomic E-state index is 13.1. The number of nitrogens with zero attached hydrogens (tertiary/aromatic N) is 1. The van der Waals surface area contributed by atoms with Gasteiger partial charge in [0, 0.05) is 23.5 Å². The van der Waals surface area contributed by atoms with Crippen molar-refractivity contribution >= 4 is 40.1 Å². The highest BCUT2D eigenvalue weighted by Crippen LogP contribution is 2.27. The molecule has 0 atom stereocenters. The largest absolute Gasteiger partial charge is 0.477 e. The number of para-hydroxylation sites is 1. The molecule has 0 saturated heterocycles. The fourth-order valence-electron chi connectivity index (χ4n) is 2.87. The summed E-state index contributed by atoms with van der Waals surface area (Å²) in [6, 6.07) is 10.8. The summed E-state index contributed by atoms with van der Waals surface area (Å²) in [7, 11) is 1.64. The van der Waals surface area contributed by atoms with E-state index in [1.54, 1.807) is 35.9 Å². The van der Waals surface area contributed by atoms with E-state index in [1.165, 1.54) is 12.1 Å². The molecule has 0 aliphatic carbocycles. The summed E-state index contributed by atoms with van der Waals surface area (Å²) in [4.78, 5) is 24.0. The fourth-order valence-corrected chi connectivity index (χ4v) is 3.08. The molecule has 0 aliphatic heterocycles. The Morgan fingerprint density at radius 3 is 2.64 bits per heavy atom. The molecule has 0 aliphatic rings. The highest BCUT2D eigenvalue weighted by molar-refractivity contribution is 6.33. The maximum Gasteiger partial charge on any atom is 0.352 e. The Morgan fingerprint density at radius 2 is 1.96 bits per heavy atom. The molecule has 0 saturated carbocycles. The van der Waals surface area contributed by atoms with Crippen LogP contribution in [0.1, 0.15) is 16.1 Å². The second-order valence-electron chi connectivity index (χ2n) is 5.56. The van der Waals surface area contributed by atoms with Crippen molar-refractivity contribution < 1.29 is 19.1 Å². The number of fused-ring (bicyclic) bond motifs is 1. The lowest BCUT2D eigenvalue weighted by atomic mass is 10.1. The minimum atomic E-state index is -1.11. The number of carbonyl (C=O) groups is 2. The molecule has 2 aromatic carbocycles. The van der Waals surface area contributed by atoms with Gasteiger partial charge in [-0.05, 0) is 24.3 Å². The Morgan fingerprint density at radius 1 is 1.24 bits per heavy atom. The van der Waals surface area contributed by atoms with Gasteiger partial charge in [0.25, 0.3) is 0 Å². The molecule has 3 rings (SSSR count). The topological polar surface area (TPSA) is 71.3 Å². The number of aromatic nitrogens is 1. The standard InChI is InChI=1S/C18H14ClFN2O3/c1-22-15-5-3-2-4-11(15)12(17(22)18(24)25)9-16(23)21-14-7-6-10(20)8-13(14)19/h2-8H,9H2,1H3,(H,21,23)(H,24,25). The predicted molar refractivity (Wildman–Crippen MR) is 93.6 cm³/mol. The molecule has 0 spiro atoms. The van der Waals surface area contributed by atoms with E-state index in [-0.39, 0.29) is 22.8 Å². The molecular weight excluding hydrogens is 347 g/mol. The number of aryl methyl sites for hydroxylation is 1. The number of anilines is 1. The Labute approximate surface area is 147 Å². The molecule has 0 fully saturated rings. The molecule has 5 nitrogen and oxygen atoms in total. The van der Waals surface area contributed by atoms with Crippen LogP contribution in [0.2, 0.25) is 5.02 Å². The van der Waals surface area contributed by atoms with Crippen LogP contribution < -0.4 is 5.32 Å². The zero-order valence-corrected chi connectivity index (χ0v) is 14.0. The molecule has 1 heterocycles. The van der Waals surface area contributed by atoms with E-state index < -0.39 is 17.7 Å². The summed E-state index contributed by atoms with van der Waals surface area (Å²) in [5.74, 6) is -2.06. The van der Waals surface area contributed by atoms with Gasteiger partial charge in [0.2, 0.25) is 5.91 Å². The molecule has 1 aromatic heterocycles. The van der Waals surface area contributed by atoms with E-state index in [0.29, 0.717) is 10.9 Å². The maximum atomic E-state index is 13.1. The van der Waals surface area contributed by atoms with Crippen LogP contribution in [0.3, 0.4) is 0 Å². The molecule has 3 aromatic rings. The first-order valence-electron chi connectivity index (χ1n) is 7.43. The summed E-state index contributed by atoms with van der Waals surface area (Å²) in [5.41, 5.74) is 1.47. The van der Waals surface area contributed by atoms with E-state index >= 15 is 0 Å². The van der Waals surface area contributed by atoms with Crippen molar-refractivity contribution in [3.63, 3.8) is 0 Å². The van der Waals surface area contributed by atoms with E-state index in [2.05, 4.69) is 5.32 Å². The van der Waals surface area contributed by atoms with Crippen LogP contribution in [-0.4, -0.2) is 21.6 Å². The lowest BCUT2D eigenvalue weighted by Crippen LogP contribution is -2.17. The number of rotatable bonds is 4. The average molecular weight is 361 g/mol. The van der Waals surface area contributed by atoms with E-state index in [9.17, 15) is 19.1 Å². The van der Waals surface area contributed by atoms with Crippen LogP contribution >= 0.6 is 11.6 Å². The van der Waals surface area contributed by atoms with Crippen LogP contribution in [-0.2, 0) is 18.3 Å².